The van der Waals surface area contributed by atoms with E-state index in [9.17, 15) is 4.79 Å². The SMILES string of the molecule is COc1cc(COc2ccc3[nH]nc(NC(=O)c4ccc(N(C)C)cc4)c3c2)cc(OC)c1. The highest BCUT2D eigenvalue weighted by atomic mass is 16.5. The number of carbonyl (C=O) groups excluding carboxylic acids is 1. The van der Waals surface area contributed by atoms with Gasteiger partial charge in [-0.05, 0) is 60.2 Å². The molecule has 3 aromatic carbocycles. The van der Waals surface area contributed by atoms with E-state index in [4.69, 9.17) is 14.2 Å². The van der Waals surface area contributed by atoms with E-state index in [1.165, 1.54) is 0 Å². The molecule has 33 heavy (non-hydrogen) atoms. The number of nitrogens with zero attached hydrogens (tertiary/aromatic N) is 2. The van der Waals surface area contributed by atoms with E-state index < -0.39 is 0 Å². The number of rotatable bonds is 8. The zero-order chi connectivity index (χ0) is 23.4. The predicted molar refractivity (Wildman–Crippen MR) is 129 cm³/mol. The first-order valence-electron chi connectivity index (χ1n) is 10.4. The number of nitrogens with one attached hydrogen (secondary N) is 2. The lowest BCUT2D eigenvalue weighted by atomic mass is 10.2. The molecule has 0 aliphatic rings. The summed E-state index contributed by atoms with van der Waals surface area (Å²) in [5, 5.41) is 10.8. The van der Waals surface area contributed by atoms with Crippen LogP contribution in [0.3, 0.4) is 0 Å². The first-order valence-corrected chi connectivity index (χ1v) is 10.4. The van der Waals surface area contributed by atoms with Crippen LogP contribution in [0.4, 0.5) is 11.5 Å². The van der Waals surface area contributed by atoms with E-state index in [1.54, 1.807) is 26.4 Å². The Morgan fingerprint density at radius 3 is 2.27 bits per heavy atom. The first kappa shape index (κ1) is 22.0. The van der Waals surface area contributed by atoms with Crippen molar-refractivity contribution >= 4 is 28.3 Å². The number of hydrogen-bond acceptors (Lipinski definition) is 6. The monoisotopic (exact) mass is 446 g/mol. The smallest absolute Gasteiger partial charge is 0.256 e. The average Bonchev–Trinajstić information content (AvgIpc) is 3.24. The summed E-state index contributed by atoms with van der Waals surface area (Å²) in [5.41, 5.74) is 3.28. The Morgan fingerprint density at radius 1 is 0.939 bits per heavy atom. The fraction of sp³-hybridized carbons (Fsp3) is 0.200. The molecule has 1 heterocycles. The maximum absolute atomic E-state index is 12.7. The van der Waals surface area contributed by atoms with Crippen molar-refractivity contribution in [2.24, 2.45) is 0 Å². The number of anilines is 2. The van der Waals surface area contributed by atoms with Crippen LogP contribution in [0.25, 0.3) is 10.9 Å². The number of fused-ring (bicyclic) bond motifs is 1. The van der Waals surface area contributed by atoms with Crippen molar-refractivity contribution in [2.45, 2.75) is 6.61 Å². The van der Waals surface area contributed by atoms with Gasteiger partial charge in [-0.2, -0.15) is 5.10 Å². The van der Waals surface area contributed by atoms with Crippen molar-refractivity contribution in [3.8, 4) is 17.2 Å². The summed E-state index contributed by atoms with van der Waals surface area (Å²) in [7, 11) is 7.13. The molecular formula is C25H26N4O4. The molecule has 0 spiro atoms. The van der Waals surface area contributed by atoms with Crippen LogP contribution in [0.1, 0.15) is 15.9 Å². The number of methoxy groups -OCH3 is 2. The lowest BCUT2D eigenvalue weighted by Gasteiger charge is -2.12. The van der Waals surface area contributed by atoms with Gasteiger partial charge in [0.05, 0.1) is 19.7 Å². The Hall–Kier alpha value is -4.20. The number of benzene rings is 3. The second kappa shape index (κ2) is 9.52. The van der Waals surface area contributed by atoms with Crippen LogP contribution in [0.5, 0.6) is 17.2 Å². The summed E-state index contributed by atoms with van der Waals surface area (Å²) < 4.78 is 16.6. The van der Waals surface area contributed by atoms with E-state index in [1.807, 2.05) is 67.5 Å². The van der Waals surface area contributed by atoms with Gasteiger partial charge in [-0.1, -0.05) is 0 Å². The molecule has 0 atom stereocenters. The first-order chi connectivity index (χ1) is 16.0. The lowest BCUT2D eigenvalue weighted by molar-refractivity contribution is 0.102. The Labute approximate surface area is 192 Å². The summed E-state index contributed by atoms with van der Waals surface area (Å²) in [5.74, 6) is 2.25. The van der Waals surface area contributed by atoms with Crippen LogP contribution in [-0.2, 0) is 6.61 Å². The molecule has 0 aliphatic heterocycles. The normalized spacial score (nSPS) is 10.7. The van der Waals surface area contributed by atoms with Crippen molar-refractivity contribution < 1.29 is 19.0 Å². The molecule has 0 bridgehead atoms. The maximum Gasteiger partial charge on any atom is 0.256 e. The zero-order valence-electron chi connectivity index (χ0n) is 19.0. The van der Waals surface area contributed by atoms with Crippen LogP contribution >= 0.6 is 0 Å². The van der Waals surface area contributed by atoms with Gasteiger partial charge >= 0.3 is 0 Å². The Kier molecular flexibility index (Phi) is 6.35. The molecule has 0 saturated heterocycles. The molecule has 0 unspecified atom stereocenters. The van der Waals surface area contributed by atoms with E-state index in [-0.39, 0.29) is 5.91 Å². The molecule has 170 valence electrons. The molecule has 0 aliphatic carbocycles. The highest BCUT2D eigenvalue weighted by Gasteiger charge is 2.13. The summed E-state index contributed by atoms with van der Waals surface area (Å²) in [6, 6.07) is 18.5. The highest BCUT2D eigenvalue weighted by Crippen LogP contribution is 2.28. The Balaban J connectivity index is 1.50. The topological polar surface area (TPSA) is 88.7 Å². The summed E-state index contributed by atoms with van der Waals surface area (Å²) in [6.07, 6.45) is 0. The molecule has 0 radical (unpaired) electrons. The highest BCUT2D eigenvalue weighted by molar-refractivity contribution is 6.08. The fourth-order valence-electron chi connectivity index (χ4n) is 3.39. The van der Waals surface area contributed by atoms with Gasteiger partial charge in [0, 0.05) is 36.8 Å². The van der Waals surface area contributed by atoms with Crippen LogP contribution in [-0.4, -0.2) is 44.4 Å². The van der Waals surface area contributed by atoms with Gasteiger partial charge in [-0.3, -0.25) is 9.89 Å². The molecule has 1 aromatic heterocycles. The molecule has 2 N–H and O–H groups in total. The average molecular weight is 447 g/mol. The van der Waals surface area contributed by atoms with Gasteiger partial charge in [0.2, 0.25) is 0 Å². The minimum Gasteiger partial charge on any atom is -0.497 e. The minimum absolute atomic E-state index is 0.233. The van der Waals surface area contributed by atoms with Gasteiger partial charge in [-0.15, -0.1) is 0 Å². The van der Waals surface area contributed by atoms with Gasteiger partial charge in [0.25, 0.3) is 5.91 Å². The van der Waals surface area contributed by atoms with Crippen LogP contribution in [0.15, 0.2) is 60.7 Å². The molecular weight excluding hydrogens is 420 g/mol. The van der Waals surface area contributed by atoms with E-state index >= 15 is 0 Å². The molecule has 4 rings (SSSR count). The van der Waals surface area contributed by atoms with Crippen molar-refractivity contribution in [1.29, 1.82) is 0 Å². The Bertz CT molecular complexity index is 1240. The fourth-order valence-corrected chi connectivity index (χ4v) is 3.39. The number of ether oxygens (including phenoxy) is 3. The third kappa shape index (κ3) is 5.01. The van der Waals surface area contributed by atoms with Crippen molar-refractivity contribution in [2.75, 3.05) is 38.5 Å². The van der Waals surface area contributed by atoms with Crippen molar-refractivity contribution in [3.05, 3.63) is 71.8 Å². The molecule has 8 heteroatoms. The number of carbonyl (C=O) groups is 1. The van der Waals surface area contributed by atoms with E-state index in [0.29, 0.717) is 35.2 Å². The lowest BCUT2D eigenvalue weighted by Crippen LogP contribution is -2.13. The number of hydrogen-bond donors (Lipinski definition) is 2. The zero-order valence-corrected chi connectivity index (χ0v) is 19.0. The van der Waals surface area contributed by atoms with Gasteiger partial charge in [-0.25, -0.2) is 0 Å². The van der Waals surface area contributed by atoms with Gasteiger partial charge in [0.1, 0.15) is 23.9 Å². The summed E-state index contributed by atoms with van der Waals surface area (Å²) in [6.45, 7) is 0.330. The number of amides is 1. The minimum atomic E-state index is -0.233. The van der Waals surface area contributed by atoms with Gasteiger partial charge in [0.15, 0.2) is 5.82 Å². The van der Waals surface area contributed by atoms with Crippen LogP contribution in [0, 0.1) is 0 Å². The maximum atomic E-state index is 12.7. The van der Waals surface area contributed by atoms with Crippen molar-refractivity contribution in [3.63, 3.8) is 0 Å². The third-order valence-corrected chi connectivity index (χ3v) is 5.23. The molecule has 0 fully saturated rings. The van der Waals surface area contributed by atoms with E-state index in [0.717, 1.165) is 22.2 Å². The number of H-pyrrole nitrogens is 1. The number of aromatic nitrogens is 2. The van der Waals surface area contributed by atoms with Crippen LogP contribution < -0.4 is 24.4 Å². The van der Waals surface area contributed by atoms with Gasteiger partial charge < -0.3 is 24.4 Å². The molecule has 4 aromatic rings. The molecule has 0 saturated carbocycles. The standard InChI is InChI=1S/C25H26N4O4/c1-29(2)18-7-5-17(6-8-18)25(30)26-24-22-14-19(9-10-23(22)27-28-24)33-15-16-11-20(31-3)13-21(12-16)32-4/h5-14H,15H2,1-4H3,(H2,26,27,28,30). The summed E-state index contributed by atoms with van der Waals surface area (Å²) >= 11 is 0. The van der Waals surface area contributed by atoms with Crippen LogP contribution in [0.2, 0.25) is 0 Å². The van der Waals surface area contributed by atoms with Crippen molar-refractivity contribution in [1.82, 2.24) is 10.2 Å². The largest absolute Gasteiger partial charge is 0.497 e. The Morgan fingerprint density at radius 2 is 1.64 bits per heavy atom. The quantitative estimate of drug-likeness (QED) is 0.415. The second-order valence-electron chi connectivity index (χ2n) is 7.68. The van der Waals surface area contributed by atoms with E-state index in [2.05, 4.69) is 15.5 Å². The molecule has 8 nitrogen and oxygen atoms in total. The molecule has 1 amide bonds. The predicted octanol–water partition coefficient (Wildman–Crippen LogP) is 4.48. The number of aromatic amines is 1. The second-order valence-corrected chi connectivity index (χ2v) is 7.68. The third-order valence-electron chi connectivity index (χ3n) is 5.23. The summed E-state index contributed by atoms with van der Waals surface area (Å²) in [4.78, 5) is 14.7.